The van der Waals surface area contributed by atoms with Crippen LogP contribution in [0.1, 0.15) is 11.1 Å². The number of ether oxygens (including phenoxy) is 2. The van der Waals surface area contributed by atoms with Crippen LogP contribution in [0.5, 0.6) is 11.5 Å². The Morgan fingerprint density at radius 3 is 2.51 bits per heavy atom. The summed E-state index contributed by atoms with van der Waals surface area (Å²) in [7, 11) is 1.49. The van der Waals surface area contributed by atoms with Crippen molar-refractivity contribution in [3.8, 4) is 11.5 Å². The molecule has 0 unspecified atom stereocenters. The van der Waals surface area contributed by atoms with E-state index in [1.165, 1.54) is 12.5 Å². The number of halogens is 1. The van der Waals surface area contributed by atoms with E-state index in [4.69, 9.17) is 9.47 Å². The van der Waals surface area contributed by atoms with Crippen LogP contribution < -0.4 is 20.1 Å². The maximum atomic E-state index is 12.9. The molecule has 1 aliphatic rings. The minimum atomic E-state index is -0.661. The van der Waals surface area contributed by atoms with E-state index in [0.29, 0.717) is 29.4 Å². The lowest BCUT2D eigenvalue weighted by Gasteiger charge is -2.13. The zero-order chi connectivity index (χ0) is 27.4. The highest BCUT2D eigenvalue weighted by Gasteiger charge is 2.35. The average Bonchev–Trinajstić information content (AvgIpc) is 3.20. The summed E-state index contributed by atoms with van der Waals surface area (Å²) >= 11 is 2.17. The van der Waals surface area contributed by atoms with Gasteiger partial charge >= 0.3 is 6.03 Å². The number of fused-ring (bicyclic) bond motifs is 1. The van der Waals surface area contributed by atoms with Gasteiger partial charge in [0.05, 0.1) is 16.4 Å². The lowest BCUT2D eigenvalue weighted by Crippen LogP contribution is -2.38. The summed E-state index contributed by atoms with van der Waals surface area (Å²) in [6.45, 7) is -0.0131. The maximum Gasteiger partial charge on any atom is 0.329 e. The van der Waals surface area contributed by atoms with Gasteiger partial charge in [0.25, 0.3) is 5.91 Å². The summed E-state index contributed by atoms with van der Waals surface area (Å²) < 4.78 is 12.1. The first-order valence-corrected chi connectivity index (χ1v) is 13.2. The van der Waals surface area contributed by atoms with Gasteiger partial charge in [-0.15, -0.1) is 0 Å². The zero-order valence-corrected chi connectivity index (χ0v) is 23.1. The molecule has 4 aromatic carbocycles. The Hall–Kier alpha value is -4.38. The Kier molecular flexibility index (Phi) is 7.78. The summed E-state index contributed by atoms with van der Waals surface area (Å²) in [4.78, 5) is 38.7. The van der Waals surface area contributed by atoms with Crippen molar-refractivity contribution in [2.45, 2.75) is 6.61 Å². The number of hydrogen-bond donors (Lipinski definition) is 2. The number of benzene rings is 4. The monoisotopic (exact) mass is 633 g/mol. The molecule has 5 rings (SSSR count). The van der Waals surface area contributed by atoms with Crippen molar-refractivity contribution < 1.29 is 23.9 Å². The summed E-state index contributed by atoms with van der Waals surface area (Å²) in [5.74, 6) is 0.0822. The number of carbonyl (C=O) groups is 3. The van der Waals surface area contributed by atoms with E-state index in [1.54, 1.807) is 36.4 Å². The molecule has 0 aliphatic carbocycles. The van der Waals surface area contributed by atoms with Crippen LogP contribution in [-0.2, 0) is 16.2 Å². The fourth-order valence-electron chi connectivity index (χ4n) is 4.18. The Labute approximate surface area is 238 Å². The number of methoxy groups -OCH3 is 1. The van der Waals surface area contributed by atoms with E-state index in [-0.39, 0.29) is 5.70 Å². The number of urea groups is 1. The largest absolute Gasteiger partial charge is 0.495 e. The van der Waals surface area contributed by atoms with Gasteiger partial charge in [-0.3, -0.25) is 9.59 Å². The number of anilines is 1. The van der Waals surface area contributed by atoms with Crippen molar-refractivity contribution >= 4 is 63.0 Å². The molecule has 9 heteroatoms. The summed E-state index contributed by atoms with van der Waals surface area (Å²) in [6, 6.07) is 26.1. The van der Waals surface area contributed by atoms with Crippen molar-refractivity contribution in [2.75, 3.05) is 19.0 Å². The van der Waals surface area contributed by atoms with Gasteiger partial charge < -0.3 is 20.1 Å². The number of carbonyl (C=O) groups excluding carboxylic acids is 3. The van der Waals surface area contributed by atoms with Gasteiger partial charge in [-0.1, -0.05) is 54.6 Å². The van der Waals surface area contributed by atoms with Crippen molar-refractivity contribution in [1.82, 2.24) is 10.2 Å². The third-order valence-electron chi connectivity index (χ3n) is 6.12. The molecule has 0 spiro atoms. The first-order valence-electron chi connectivity index (χ1n) is 12.1. The highest BCUT2D eigenvalue weighted by atomic mass is 127. The lowest BCUT2D eigenvalue weighted by molar-refractivity contribution is -0.127. The van der Waals surface area contributed by atoms with Crippen LogP contribution in [0.2, 0.25) is 0 Å². The van der Waals surface area contributed by atoms with E-state index in [2.05, 4.69) is 57.5 Å². The summed E-state index contributed by atoms with van der Waals surface area (Å²) in [5.41, 5.74) is 2.31. The SMILES string of the molecule is COc1ccccc1NC(=O)CN1C(=O)N/C(=C/c2ccc(OCc3ccc4ccccc4c3)c(I)c2)C1=O. The predicted octanol–water partition coefficient (Wildman–Crippen LogP) is 5.56. The zero-order valence-electron chi connectivity index (χ0n) is 20.9. The van der Waals surface area contributed by atoms with Gasteiger partial charge in [0.1, 0.15) is 30.3 Å². The van der Waals surface area contributed by atoms with E-state index < -0.39 is 24.4 Å². The van der Waals surface area contributed by atoms with Crippen molar-refractivity contribution in [1.29, 1.82) is 0 Å². The van der Waals surface area contributed by atoms with E-state index in [1.807, 2.05) is 30.3 Å². The number of hydrogen-bond acceptors (Lipinski definition) is 5. The average molecular weight is 633 g/mol. The molecule has 4 amide bonds. The van der Waals surface area contributed by atoms with Crippen molar-refractivity contribution in [3.05, 3.63) is 105 Å². The van der Waals surface area contributed by atoms with Gasteiger partial charge in [-0.05, 0) is 80.9 Å². The fourth-order valence-corrected chi connectivity index (χ4v) is 4.87. The van der Waals surface area contributed by atoms with Crippen LogP contribution in [-0.4, -0.2) is 36.4 Å². The Balaban J connectivity index is 1.23. The van der Waals surface area contributed by atoms with Gasteiger partial charge in [-0.2, -0.15) is 0 Å². The molecule has 1 heterocycles. The lowest BCUT2D eigenvalue weighted by atomic mass is 10.1. The molecule has 39 heavy (non-hydrogen) atoms. The van der Waals surface area contributed by atoms with Crippen molar-refractivity contribution in [3.63, 3.8) is 0 Å². The Bertz CT molecular complexity index is 1620. The molecule has 4 aromatic rings. The maximum absolute atomic E-state index is 12.9. The molecule has 1 saturated heterocycles. The molecular formula is C30H24IN3O5. The van der Waals surface area contributed by atoms with Gasteiger partial charge in [0, 0.05) is 0 Å². The number of amides is 4. The molecule has 0 aromatic heterocycles. The molecule has 0 radical (unpaired) electrons. The van der Waals surface area contributed by atoms with Crippen LogP contribution in [0.4, 0.5) is 10.5 Å². The van der Waals surface area contributed by atoms with E-state index in [9.17, 15) is 14.4 Å². The molecule has 0 atom stereocenters. The highest BCUT2D eigenvalue weighted by Crippen LogP contribution is 2.26. The van der Waals surface area contributed by atoms with Crippen LogP contribution in [0.3, 0.4) is 0 Å². The number of nitrogens with zero attached hydrogens (tertiary/aromatic N) is 1. The summed E-state index contributed by atoms with van der Waals surface area (Å²) in [5, 5.41) is 7.55. The topological polar surface area (TPSA) is 97.0 Å². The van der Waals surface area contributed by atoms with E-state index in [0.717, 1.165) is 19.4 Å². The second-order valence-corrected chi connectivity index (χ2v) is 9.95. The fraction of sp³-hybridized carbons (Fsp3) is 0.100. The number of para-hydroxylation sites is 2. The Morgan fingerprint density at radius 2 is 1.72 bits per heavy atom. The third-order valence-corrected chi connectivity index (χ3v) is 6.96. The van der Waals surface area contributed by atoms with E-state index >= 15 is 0 Å². The Morgan fingerprint density at radius 1 is 0.949 bits per heavy atom. The smallest absolute Gasteiger partial charge is 0.329 e. The molecule has 1 fully saturated rings. The van der Waals surface area contributed by atoms with Crippen LogP contribution in [0.25, 0.3) is 16.8 Å². The first-order chi connectivity index (χ1) is 18.9. The highest BCUT2D eigenvalue weighted by molar-refractivity contribution is 14.1. The van der Waals surface area contributed by atoms with Crippen LogP contribution >= 0.6 is 22.6 Å². The van der Waals surface area contributed by atoms with Crippen molar-refractivity contribution in [2.24, 2.45) is 0 Å². The van der Waals surface area contributed by atoms with Gasteiger partial charge in [0.2, 0.25) is 5.91 Å². The normalized spacial score (nSPS) is 14.0. The number of rotatable bonds is 8. The predicted molar refractivity (Wildman–Crippen MR) is 157 cm³/mol. The molecule has 8 nitrogen and oxygen atoms in total. The number of imide groups is 1. The minimum absolute atomic E-state index is 0.0886. The summed E-state index contributed by atoms with van der Waals surface area (Å²) in [6.07, 6.45) is 1.58. The third kappa shape index (κ3) is 6.04. The minimum Gasteiger partial charge on any atom is -0.495 e. The van der Waals surface area contributed by atoms with Crippen LogP contribution in [0.15, 0.2) is 90.6 Å². The molecule has 196 valence electrons. The standard InChI is InChI=1S/C30H24IN3O5/c1-38-27-9-5-4-8-24(27)32-28(35)17-34-29(36)25(33-30(34)37)16-19-11-13-26(23(31)15-19)39-18-20-10-12-21-6-2-3-7-22(21)14-20/h2-16H,17-18H2,1H3,(H,32,35)(H,33,37)/b25-16+. The van der Waals surface area contributed by atoms with Gasteiger partial charge in [-0.25, -0.2) is 9.69 Å². The second-order valence-electron chi connectivity index (χ2n) is 8.79. The van der Waals surface area contributed by atoms with Crippen LogP contribution in [0, 0.1) is 3.57 Å². The molecule has 0 bridgehead atoms. The molecule has 0 saturated carbocycles. The second kappa shape index (κ2) is 11.6. The quantitative estimate of drug-likeness (QED) is 0.151. The molecule has 1 aliphatic heterocycles. The molecule has 2 N–H and O–H groups in total. The molecular weight excluding hydrogens is 609 g/mol. The van der Waals surface area contributed by atoms with Gasteiger partial charge in [0.15, 0.2) is 0 Å². The first kappa shape index (κ1) is 26.2. The number of nitrogens with one attached hydrogen (secondary N) is 2.